The molecule has 1 aromatic rings. The molecule has 86 valence electrons. The molecule has 1 aliphatic carbocycles. The zero-order valence-electron chi connectivity index (χ0n) is 9.33. The molecule has 1 atom stereocenters. The summed E-state index contributed by atoms with van der Waals surface area (Å²) in [5.41, 5.74) is 2.65. The maximum absolute atomic E-state index is 11.6. The molecule has 0 amide bonds. The molecule has 0 aliphatic heterocycles. The summed E-state index contributed by atoms with van der Waals surface area (Å²) in [5.74, 6) is -0.0478. The highest BCUT2D eigenvalue weighted by Gasteiger charge is 2.23. The Labute approximate surface area is 104 Å². The van der Waals surface area contributed by atoms with Crippen LogP contribution in [-0.2, 0) is 22.4 Å². The Morgan fingerprint density at radius 2 is 2.25 bits per heavy atom. The van der Waals surface area contributed by atoms with Crippen LogP contribution in [0.3, 0.4) is 0 Å². The molecule has 0 heterocycles. The molecule has 2 nitrogen and oxygen atoms in total. The van der Waals surface area contributed by atoms with E-state index in [1.54, 1.807) is 0 Å². The minimum Gasteiger partial charge on any atom is -0.469 e. The van der Waals surface area contributed by atoms with Crippen LogP contribution in [0.15, 0.2) is 22.7 Å². The van der Waals surface area contributed by atoms with E-state index in [4.69, 9.17) is 4.74 Å². The summed E-state index contributed by atoms with van der Waals surface area (Å²) in [7, 11) is 1.47. The zero-order valence-corrected chi connectivity index (χ0v) is 10.9. The number of carbonyl (C=O) groups is 1. The van der Waals surface area contributed by atoms with Gasteiger partial charge < -0.3 is 4.74 Å². The summed E-state index contributed by atoms with van der Waals surface area (Å²) in [6, 6.07) is 6.34. The average molecular weight is 283 g/mol. The molecule has 16 heavy (non-hydrogen) atoms. The third-order valence-corrected chi connectivity index (χ3v) is 3.66. The Balaban J connectivity index is 2.25. The van der Waals surface area contributed by atoms with Crippen LogP contribution in [0.2, 0.25) is 0 Å². The number of methoxy groups -OCH3 is 1. The molecule has 1 aromatic carbocycles. The first-order valence-electron chi connectivity index (χ1n) is 5.56. The van der Waals surface area contributed by atoms with E-state index < -0.39 is 0 Å². The van der Waals surface area contributed by atoms with Gasteiger partial charge in [0.05, 0.1) is 13.0 Å². The maximum Gasteiger partial charge on any atom is 0.308 e. The van der Waals surface area contributed by atoms with Crippen molar-refractivity contribution in [2.45, 2.75) is 25.7 Å². The van der Waals surface area contributed by atoms with Gasteiger partial charge in [0.2, 0.25) is 0 Å². The summed E-state index contributed by atoms with van der Waals surface area (Å²) in [5, 5.41) is 0. The average Bonchev–Trinajstić information content (AvgIpc) is 2.49. The van der Waals surface area contributed by atoms with E-state index >= 15 is 0 Å². The van der Waals surface area contributed by atoms with Gasteiger partial charge in [0.15, 0.2) is 0 Å². The number of halogens is 1. The first kappa shape index (κ1) is 11.6. The monoisotopic (exact) mass is 282 g/mol. The Morgan fingerprint density at radius 1 is 1.44 bits per heavy atom. The molecular weight excluding hydrogens is 268 g/mol. The van der Waals surface area contributed by atoms with Crippen molar-refractivity contribution in [3.05, 3.63) is 33.8 Å². The lowest BCUT2D eigenvalue weighted by Gasteiger charge is -2.12. The number of fused-ring (bicyclic) bond motifs is 1. The van der Waals surface area contributed by atoms with E-state index in [-0.39, 0.29) is 11.9 Å². The van der Waals surface area contributed by atoms with Gasteiger partial charge in [-0.3, -0.25) is 4.79 Å². The number of esters is 1. The standard InChI is InChI=1S/C13H15BrO2/c1-16-13(15)10-4-2-3-9-5-6-12(14)8-11(9)7-10/h5-6,8,10H,2-4,7H2,1H3. The first-order chi connectivity index (χ1) is 7.70. The molecular formula is C13H15BrO2. The van der Waals surface area contributed by atoms with Crippen molar-refractivity contribution in [3.63, 3.8) is 0 Å². The van der Waals surface area contributed by atoms with Crippen LogP contribution in [0.1, 0.15) is 24.0 Å². The number of aryl methyl sites for hydroxylation is 1. The van der Waals surface area contributed by atoms with Gasteiger partial charge in [-0.2, -0.15) is 0 Å². The largest absolute Gasteiger partial charge is 0.469 e. The smallest absolute Gasteiger partial charge is 0.308 e. The van der Waals surface area contributed by atoms with Crippen molar-refractivity contribution in [2.75, 3.05) is 7.11 Å². The fraction of sp³-hybridized carbons (Fsp3) is 0.462. The highest BCUT2D eigenvalue weighted by Crippen LogP contribution is 2.27. The molecule has 3 heteroatoms. The number of rotatable bonds is 1. The normalized spacial score (nSPS) is 19.8. The maximum atomic E-state index is 11.6. The Morgan fingerprint density at radius 3 is 3.00 bits per heavy atom. The number of hydrogen-bond donors (Lipinski definition) is 0. The quantitative estimate of drug-likeness (QED) is 0.584. The highest BCUT2D eigenvalue weighted by atomic mass is 79.9. The van der Waals surface area contributed by atoms with E-state index in [1.165, 1.54) is 18.2 Å². The molecule has 1 unspecified atom stereocenters. The van der Waals surface area contributed by atoms with E-state index in [1.807, 2.05) is 0 Å². The van der Waals surface area contributed by atoms with Crippen LogP contribution in [-0.4, -0.2) is 13.1 Å². The van der Waals surface area contributed by atoms with Crippen molar-refractivity contribution >= 4 is 21.9 Å². The SMILES string of the molecule is COC(=O)C1CCCc2ccc(Br)cc2C1. The van der Waals surface area contributed by atoms with Crippen LogP contribution >= 0.6 is 15.9 Å². The van der Waals surface area contributed by atoms with Crippen molar-refractivity contribution < 1.29 is 9.53 Å². The molecule has 0 bridgehead atoms. The number of hydrogen-bond acceptors (Lipinski definition) is 2. The van der Waals surface area contributed by atoms with E-state index in [9.17, 15) is 4.79 Å². The molecule has 0 N–H and O–H groups in total. The molecule has 2 rings (SSSR count). The fourth-order valence-electron chi connectivity index (χ4n) is 2.30. The van der Waals surface area contributed by atoms with Crippen molar-refractivity contribution in [2.24, 2.45) is 5.92 Å². The van der Waals surface area contributed by atoms with Gasteiger partial charge in [0.25, 0.3) is 0 Å². The molecule has 0 saturated heterocycles. The van der Waals surface area contributed by atoms with Crippen LogP contribution < -0.4 is 0 Å². The number of ether oxygens (including phenoxy) is 1. The highest BCUT2D eigenvalue weighted by molar-refractivity contribution is 9.10. The van der Waals surface area contributed by atoms with E-state index in [0.717, 1.165) is 30.2 Å². The summed E-state index contributed by atoms with van der Waals surface area (Å²) in [6.45, 7) is 0. The Bertz CT molecular complexity index is 401. The Hall–Kier alpha value is -0.830. The zero-order chi connectivity index (χ0) is 11.5. The molecule has 0 saturated carbocycles. The fourth-order valence-corrected chi connectivity index (χ4v) is 2.71. The van der Waals surface area contributed by atoms with Gasteiger partial charge in [-0.25, -0.2) is 0 Å². The third-order valence-electron chi connectivity index (χ3n) is 3.17. The summed E-state index contributed by atoms with van der Waals surface area (Å²) in [4.78, 5) is 11.6. The predicted molar refractivity (Wildman–Crippen MR) is 66.3 cm³/mol. The van der Waals surface area contributed by atoms with Gasteiger partial charge in [-0.15, -0.1) is 0 Å². The van der Waals surface area contributed by atoms with Gasteiger partial charge in [0.1, 0.15) is 0 Å². The van der Waals surface area contributed by atoms with E-state index in [0.29, 0.717) is 0 Å². The molecule has 0 aromatic heterocycles. The number of carbonyl (C=O) groups excluding carboxylic acids is 1. The van der Waals surface area contributed by atoms with Gasteiger partial charge in [0, 0.05) is 4.47 Å². The van der Waals surface area contributed by atoms with Crippen LogP contribution in [0.25, 0.3) is 0 Å². The van der Waals surface area contributed by atoms with Crippen molar-refractivity contribution in [3.8, 4) is 0 Å². The second-order valence-electron chi connectivity index (χ2n) is 4.23. The van der Waals surface area contributed by atoms with Crippen LogP contribution in [0.5, 0.6) is 0 Å². The van der Waals surface area contributed by atoms with Crippen LogP contribution in [0, 0.1) is 5.92 Å². The molecule has 0 fully saturated rings. The lowest BCUT2D eigenvalue weighted by atomic mass is 9.97. The van der Waals surface area contributed by atoms with Gasteiger partial charge in [-0.05, 0) is 48.9 Å². The Kier molecular flexibility index (Phi) is 3.64. The van der Waals surface area contributed by atoms with Gasteiger partial charge in [-0.1, -0.05) is 22.0 Å². The second-order valence-corrected chi connectivity index (χ2v) is 5.15. The van der Waals surface area contributed by atoms with E-state index in [2.05, 4.69) is 34.1 Å². The molecule has 0 spiro atoms. The lowest BCUT2D eigenvalue weighted by molar-refractivity contribution is -0.145. The van der Waals surface area contributed by atoms with Crippen molar-refractivity contribution in [1.82, 2.24) is 0 Å². The third kappa shape index (κ3) is 2.46. The second kappa shape index (κ2) is 5.00. The lowest BCUT2D eigenvalue weighted by Crippen LogP contribution is -2.17. The molecule has 1 aliphatic rings. The van der Waals surface area contributed by atoms with Crippen molar-refractivity contribution in [1.29, 1.82) is 0 Å². The number of benzene rings is 1. The van der Waals surface area contributed by atoms with Gasteiger partial charge >= 0.3 is 5.97 Å². The summed E-state index contributed by atoms with van der Waals surface area (Å²) >= 11 is 3.47. The summed E-state index contributed by atoms with van der Waals surface area (Å²) in [6.07, 6.45) is 3.87. The predicted octanol–water partition coefficient (Wildman–Crippen LogP) is 3.12. The molecule has 0 radical (unpaired) electrons. The minimum atomic E-state index is -0.0761. The minimum absolute atomic E-state index is 0.0283. The summed E-state index contributed by atoms with van der Waals surface area (Å²) < 4.78 is 5.92. The first-order valence-corrected chi connectivity index (χ1v) is 6.35. The van der Waals surface area contributed by atoms with Crippen LogP contribution in [0.4, 0.5) is 0 Å². The topological polar surface area (TPSA) is 26.3 Å².